The summed E-state index contributed by atoms with van der Waals surface area (Å²) in [6.07, 6.45) is 0. The van der Waals surface area contributed by atoms with E-state index in [4.69, 9.17) is 4.42 Å². The molecule has 1 amide bonds. The predicted octanol–water partition coefficient (Wildman–Crippen LogP) is 4.33. The average molecular weight is 352 g/mol. The van der Waals surface area contributed by atoms with E-state index >= 15 is 0 Å². The van der Waals surface area contributed by atoms with Crippen LogP contribution in [0.1, 0.15) is 23.1 Å². The van der Waals surface area contributed by atoms with E-state index in [0.717, 1.165) is 16.7 Å². The lowest BCUT2D eigenvalue weighted by molar-refractivity contribution is 0.101. The summed E-state index contributed by atoms with van der Waals surface area (Å²) in [5.74, 6) is 0.473. The van der Waals surface area contributed by atoms with Crippen LogP contribution in [0.2, 0.25) is 0 Å². The molecule has 7 heteroatoms. The number of carbonyl (C=O) groups excluding carboxylic acids is 1. The maximum atomic E-state index is 12.5. The van der Waals surface area contributed by atoms with Crippen molar-refractivity contribution in [2.24, 2.45) is 0 Å². The van der Waals surface area contributed by atoms with Crippen molar-refractivity contribution < 1.29 is 9.21 Å². The van der Waals surface area contributed by atoms with Crippen molar-refractivity contribution in [3.63, 3.8) is 0 Å². The van der Waals surface area contributed by atoms with Crippen LogP contribution < -0.4 is 5.32 Å². The Morgan fingerprint density at radius 3 is 2.96 bits per heavy atom. The molecule has 0 aliphatic carbocycles. The molecule has 0 aliphatic heterocycles. The molecule has 0 bridgehead atoms. The zero-order valence-corrected chi connectivity index (χ0v) is 14.6. The minimum Gasteiger partial charge on any atom is -0.454 e. The number of hydrogen-bond donors (Lipinski definition) is 1. The van der Waals surface area contributed by atoms with Gasteiger partial charge in [-0.2, -0.15) is 5.10 Å². The Balaban J connectivity index is 1.57. The van der Waals surface area contributed by atoms with Gasteiger partial charge in [-0.1, -0.05) is 18.2 Å². The minimum absolute atomic E-state index is 0.215. The number of rotatable bonds is 4. The fraction of sp³-hybridized carbons (Fsp3) is 0.167. The molecule has 126 valence electrons. The van der Waals surface area contributed by atoms with Crippen LogP contribution >= 0.6 is 11.3 Å². The highest BCUT2D eigenvalue weighted by atomic mass is 32.1. The van der Waals surface area contributed by atoms with Crippen molar-refractivity contribution >= 4 is 33.3 Å². The topological polar surface area (TPSA) is 73.0 Å². The molecule has 4 rings (SSSR count). The number of para-hydroxylation sites is 1. The SMILES string of the molecule is CCn1nc(C)cc1C(=O)Nc1nc(-c2cc3ccccc3o2)cs1. The zero-order valence-electron chi connectivity index (χ0n) is 13.8. The van der Waals surface area contributed by atoms with Gasteiger partial charge in [-0.25, -0.2) is 4.98 Å². The molecule has 4 aromatic rings. The van der Waals surface area contributed by atoms with Crippen LogP contribution in [0.3, 0.4) is 0 Å². The van der Waals surface area contributed by atoms with Gasteiger partial charge in [0.1, 0.15) is 17.0 Å². The summed E-state index contributed by atoms with van der Waals surface area (Å²) in [4.78, 5) is 16.9. The number of fused-ring (bicyclic) bond motifs is 1. The van der Waals surface area contributed by atoms with E-state index in [1.807, 2.05) is 49.6 Å². The van der Waals surface area contributed by atoms with Crippen molar-refractivity contribution in [1.29, 1.82) is 0 Å². The van der Waals surface area contributed by atoms with Gasteiger partial charge in [-0.3, -0.25) is 14.8 Å². The summed E-state index contributed by atoms with van der Waals surface area (Å²) in [5.41, 5.74) is 2.87. The molecule has 0 saturated heterocycles. The molecular weight excluding hydrogens is 336 g/mol. The van der Waals surface area contributed by atoms with Crippen molar-refractivity contribution in [3.8, 4) is 11.5 Å². The number of aromatic nitrogens is 3. The van der Waals surface area contributed by atoms with E-state index in [-0.39, 0.29) is 5.91 Å². The number of amides is 1. The third-order valence-electron chi connectivity index (χ3n) is 3.84. The maximum Gasteiger partial charge on any atom is 0.275 e. The number of hydrogen-bond acceptors (Lipinski definition) is 5. The first-order chi connectivity index (χ1) is 12.1. The molecule has 0 saturated carbocycles. The fourth-order valence-electron chi connectivity index (χ4n) is 2.68. The van der Waals surface area contributed by atoms with Gasteiger partial charge >= 0.3 is 0 Å². The second-order valence-corrected chi connectivity index (χ2v) is 6.49. The standard InChI is InChI=1S/C18H16N4O2S/c1-3-22-14(8-11(2)21-22)17(23)20-18-19-13(10-25-18)16-9-12-6-4-5-7-15(12)24-16/h4-10H,3H2,1-2H3,(H,19,20,23). The largest absolute Gasteiger partial charge is 0.454 e. The first-order valence-corrected chi connectivity index (χ1v) is 8.82. The molecular formula is C18H16N4O2S. The number of aryl methyl sites for hydroxylation is 2. The van der Waals surface area contributed by atoms with E-state index in [9.17, 15) is 4.79 Å². The van der Waals surface area contributed by atoms with E-state index < -0.39 is 0 Å². The minimum atomic E-state index is -0.215. The van der Waals surface area contributed by atoms with Crippen LogP contribution in [-0.4, -0.2) is 20.7 Å². The molecule has 0 unspecified atom stereocenters. The van der Waals surface area contributed by atoms with Gasteiger partial charge in [0, 0.05) is 17.3 Å². The van der Waals surface area contributed by atoms with Crippen LogP contribution in [0.15, 0.2) is 46.2 Å². The normalized spacial score (nSPS) is 11.1. The van der Waals surface area contributed by atoms with E-state index in [1.165, 1.54) is 11.3 Å². The number of furan rings is 1. The Hall–Kier alpha value is -2.93. The van der Waals surface area contributed by atoms with E-state index in [2.05, 4.69) is 15.4 Å². The molecule has 1 aromatic carbocycles. The van der Waals surface area contributed by atoms with E-state index in [1.54, 1.807) is 10.7 Å². The Kier molecular flexibility index (Phi) is 3.85. The van der Waals surface area contributed by atoms with Crippen molar-refractivity contribution in [2.75, 3.05) is 5.32 Å². The Morgan fingerprint density at radius 1 is 1.32 bits per heavy atom. The number of thiazole rings is 1. The zero-order chi connectivity index (χ0) is 17.4. The van der Waals surface area contributed by atoms with Gasteiger partial charge in [0.25, 0.3) is 5.91 Å². The molecule has 3 heterocycles. The Morgan fingerprint density at radius 2 is 2.16 bits per heavy atom. The molecule has 1 N–H and O–H groups in total. The fourth-order valence-corrected chi connectivity index (χ4v) is 3.38. The molecule has 3 aromatic heterocycles. The van der Waals surface area contributed by atoms with Crippen LogP contribution in [0.5, 0.6) is 0 Å². The summed E-state index contributed by atoms with van der Waals surface area (Å²) in [7, 11) is 0. The lowest BCUT2D eigenvalue weighted by Gasteiger charge is -2.03. The monoisotopic (exact) mass is 352 g/mol. The van der Waals surface area contributed by atoms with Crippen LogP contribution in [-0.2, 0) is 6.54 Å². The lowest BCUT2D eigenvalue weighted by Crippen LogP contribution is -2.17. The smallest absolute Gasteiger partial charge is 0.275 e. The molecule has 6 nitrogen and oxygen atoms in total. The van der Waals surface area contributed by atoms with Crippen molar-refractivity contribution in [1.82, 2.24) is 14.8 Å². The predicted molar refractivity (Wildman–Crippen MR) is 97.9 cm³/mol. The molecule has 0 spiro atoms. The summed E-state index contributed by atoms with van der Waals surface area (Å²) in [6, 6.07) is 11.5. The Labute approximate surface area is 148 Å². The third kappa shape index (κ3) is 2.94. The van der Waals surface area contributed by atoms with Crippen LogP contribution in [0.4, 0.5) is 5.13 Å². The highest BCUT2D eigenvalue weighted by molar-refractivity contribution is 7.14. The number of nitrogens with one attached hydrogen (secondary N) is 1. The molecule has 0 aliphatic rings. The van der Waals surface area contributed by atoms with Crippen molar-refractivity contribution in [2.45, 2.75) is 20.4 Å². The van der Waals surface area contributed by atoms with Crippen LogP contribution in [0, 0.1) is 6.92 Å². The molecule has 0 radical (unpaired) electrons. The third-order valence-corrected chi connectivity index (χ3v) is 4.59. The lowest BCUT2D eigenvalue weighted by atomic mass is 10.2. The quantitative estimate of drug-likeness (QED) is 0.593. The molecule has 25 heavy (non-hydrogen) atoms. The molecule has 0 fully saturated rings. The van der Waals surface area contributed by atoms with Crippen molar-refractivity contribution in [3.05, 3.63) is 53.2 Å². The van der Waals surface area contributed by atoms with E-state index in [0.29, 0.717) is 28.8 Å². The van der Waals surface area contributed by atoms with Gasteiger partial charge in [0.2, 0.25) is 0 Å². The summed E-state index contributed by atoms with van der Waals surface area (Å²) in [5, 5.41) is 10.6. The second-order valence-electron chi connectivity index (χ2n) is 5.63. The summed E-state index contributed by atoms with van der Waals surface area (Å²) < 4.78 is 7.49. The number of nitrogens with zero attached hydrogens (tertiary/aromatic N) is 3. The second kappa shape index (κ2) is 6.18. The van der Waals surface area contributed by atoms with Gasteiger partial charge < -0.3 is 4.42 Å². The van der Waals surface area contributed by atoms with Gasteiger partial charge in [0.05, 0.1) is 5.69 Å². The first kappa shape index (κ1) is 15.6. The average Bonchev–Trinajstić information content (AvgIpc) is 3.31. The van der Waals surface area contributed by atoms with Gasteiger partial charge in [-0.15, -0.1) is 11.3 Å². The Bertz CT molecular complexity index is 1030. The van der Waals surface area contributed by atoms with Gasteiger partial charge in [0.15, 0.2) is 10.9 Å². The maximum absolute atomic E-state index is 12.5. The highest BCUT2D eigenvalue weighted by Crippen LogP contribution is 2.30. The summed E-state index contributed by atoms with van der Waals surface area (Å²) >= 11 is 1.36. The number of benzene rings is 1. The number of carbonyl (C=O) groups is 1. The van der Waals surface area contributed by atoms with Gasteiger partial charge in [-0.05, 0) is 32.0 Å². The van der Waals surface area contributed by atoms with Crippen LogP contribution in [0.25, 0.3) is 22.4 Å². The highest BCUT2D eigenvalue weighted by Gasteiger charge is 2.16. The summed E-state index contributed by atoms with van der Waals surface area (Å²) in [6.45, 7) is 4.46. The first-order valence-electron chi connectivity index (χ1n) is 7.94. The number of anilines is 1. The molecule has 0 atom stereocenters.